The lowest BCUT2D eigenvalue weighted by molar-refractivity contribution is -0.118. The predicted molar refractivity (Wildman–Crippen MR) is 76.8 cm³/mol. The molecular weight excluding hydrogens is 254 g/mol. The number of amides is 1. The van der Waals surface area contributed by atoms with Crippen LogP contribution in [0.3, 0.4) is 0 Å². The molecule has 2 aliphatic rings. The molecule has 2 fully saturated rings. The minimum atomic E-state index is 0.206. The zero-order chi connectivity index (χ0) is 13.9. The number of hydrogen-bond donors (Lipinski definition) is 0. The Hall–Kier alpha value is -1.62. The Bertz CT molecular complexity index is 486. The highest BCUT2D eigenvalue weighted by molar-refractivity contribution is 5.52. The summed E-state index contributed by atoms with van der Waals surface area (Å²) in [5, 5.41) is 0. The molecule has 20 heavy (non-hydrogen) atoms. The van der Waals surface area contributed by atoms with E-state index in [2.05, 4.69) is 22.9 Å². The van der Waals surface area contributed by atoms with Crippen molar-refractivity contribution in [2.45, 2.75) is 25.8 Å². The van der Waals surface area contributed by atoms with Crippen molar-refractivity contribution in [3.05, 3.63) is 23.4 Å². The lowest BCUT2D eigenvalue weighted by atomic mass is 10.0. The molecule has 5 heteroatoms. The fraction of sp³-hybridized carbons (Fsp3) is 0.600. The van der Waals surface area contributed by atoms with Crippen molar-refractivity contribution >= 4 is 12.2 Å². The molecule has 2 aliphatic heterocycles. The topological polar surface area (TPSA) is 45.7 Å². The summed E-state index contributed by atoms with van der Waals surface area (Å²) in [5.74, 6) is 1.05. The van der Waals surface area contributed by atoms with Crippen LogP contribution in [0.25, 0.3) is 0 Å². The normalized spacial score (nSPS) is 23.1. The van der Waals surface area contributed by atoms with Crippen molar-refractivity contribution in [2.75, 3.05) is 37.7 Å². The Labute approximate surface area is 119 Å². The van der Waals surface area contributed by atoms with Crippen LogP contribution in [0.4, 0.5) is 5.82 Å². The van der Waals surface area contributed by atoms with E-state index >= 15 is 0 Å². The van der Waals surface area contributed by atoms with Crippen LogP contribution in [0.5, 0.6) is 0 Å². The number of aromatic nitrogens is 1. The summed E-state index contributed by atoms with van der Waals surface area (Å²) >= 11 is 0. The van der Waals surface area contributed by atoms with Gasteiger partial charge in [-0.05, 0) is 37.0 Å². The first-order valence-corrected chi connectivity index (χ1v) is 7.30. The van der Waals surface area contributed by atoms with E-state index in [1.807, 2.05) is 11.1 Å². The van der Waals surface area contributed by atoms with Gasteiger partial charge in [0.25, 0.3) is 0 Å². The fourth-order valence-corrected chi connectivity index (χ4v) is 3.15. The standard InChI is InChI=1S/C15H21N3O2/c1-12-9-13(14-3-2-4-18(14)11-19)10-16-15(12)17-5-7-20-8-6-17/h9-11,14H,2-8H2,1H3/t14-/m1/s1. The molecule has 108 valence electrons. The summed E-state index contributed by atoms with van der Waals surface area (Å²) in [4.78, 5) is 19.9. The van der Waals surface area contributed by atoms with Gasteiger partial charge in [-0.25, -0.2) is 4.98 Å². The van der Waals surface area contributed by atoms with Gasteiger partial charge in [0.15, 0.2) is 0 Å². The minimum Gasteiger partial charge on any atom is -0.378 e. The summed E-state index contributed by atoms with van der Waals surface area (Å²) in [6, 6.07) is 2.39. The molecule has 0 spiro atoms. The average molecular weight is 275 g/mol. The molecule has 0 N–H and O–H groups in total. The number of likely N-dealkylation sites (tertiary alicyclic amines) is 1. The second-order valence-corrected chi connectivity index (χ2v) is 5.51. The average Bonchev–Trinajstić information content (AvgIpc) is 2.96. The van der Waals surface area contributed by atoms with Gasteiger partial charge in [0.2, 0.25) is 6.41 Å². The van der Waals surface area contributed by atoms with E-state index in [9.17, 15) is 4.79 Å². The zero-order valence-corrected chi connectivity index (χ0v) is 11.9. The summed E-state index contributed by atoms with van der Waals surface area (Å²) in [7, 11) is 0. The smallest absolute Gasteiger partial charge is 0.210 e. The second-order valence-electron chi connectivity index (χ2n) is 5.51. The third-order valence-electron chi connectivity index (χ3n) is 4.20. The van der Waals surface area contributed by atoms with Crippen LogP contribution in [0.15, 0.2) is 12.3 Å². The molecule has 0 radical (unpaired) electrons. The highest BCUT2D eigenvalue weighted by atomic mass is 16.5. The van der Waals surface area contributed by atoms with Gasteiger partial charge < -0.3 is 14.5 Å². The molecule has 1 aromatic heterocycles. The van der Waals surface area contributed by atoms with Crippen molar-refractivity contribution in [2.24, 2.45) is 0 Å². The molecule has 3 rings (SSSR count). The van der Waals surface area contributed by atoms with Gasteiger partial charge in [0, 0.05) is 25.8 Å². The van der Waals surface area contributed by atoms with Gasteiger partial charge in [0.1, 0.15) is 5.82 Å². The van der Waals surface area contributed by atoms with E-state index in [1.54, 1.807) is 0 Å². The van der Waals surface area contributed by atoms with E-state index < -0.39 is 0 Å². The Morgan fingerprint density at radius 3 is 2.85 bits per heavy atom. The Kier molecular flexibility index (Phi) is 3.87. The summed E-state index contributed by atoms with van der Waals surface area (Å²) in [5.41, 5.74) is 2.34. The van der Waals surface area contributed by atoms with E-state index in [4.69, 9.17) is 4.74 Å². The molecule has 1 amide bonds. The number of ether oxygens (including phenoxy) is 1. The van der Waals surface area contributed by atoms with Crippen LogP contribution >= 0.6 is 0 Å². The first-order valence-electron chi connectivity index (χ1n) is 7.30. The lowest BCUT2D eigenvalue weighted by Crippen LogP contribution is -2.37. The number of hydrogen-bond acceptors (Lipinski definition) is 4. The maximum Gasteiger partial charge on any atom is 0.210 e. The molecule has 0 bridgehead atoms. The van der Waals surface area contributed by atoms with Crippen LogP contribution < -0.4 is 4.90 Å². The third kappa shape index (κ3) is 2.50. The van der Waals surface area contributed by atoms with Crippen LogP contribution in [-0.4, -0.2) is 49.1 Å². The predicted octanol–water partition coefficient (Wildman–Crippen LogP) is 1.52. The maximum atomic E-state index is 11.1. The number of pyridine rings is 1. The van der Waals surface area contributed by atoms with E-state index in [1.165, 1.54) is 5.56 Å². The van der Waals surface area contributed by atoms with Crippen molar-refractivity contribution in [3.8, 4) is 0 Å². The number of rotatable bonds is 3. The molecule has 5 nitrogen and oxygen atoms in total. The number of morpholine rings is 1. The van der Waals surface area contributed by atoms with Gasteiger partial charge in [-0.1, -0.05) is 0 Å². The quantitative estimate of drug-likeness (QED) is 0.785. The fourth-order valence-electron chi connectivity index (χ4n) is 3.15. The van der Waals surface area contributed by atoms with Gasteiger partial charge in [-0.3, -0.25) is 4.79 Å². The van der Waals surface area contributed by atoms with Crippen LogP contribution in [0.1, 0.15) is 30.0 Å². The highest BCUT2D eigenvalue weighted by Crippen LogP contribution is 2.32. The summed E-state index contributed by atoms with van der Waals surface area (Å²) in [6.07, 6.45) is 5.01. The van der Waals surface area contributed by atoms with Gasteiger partial charge in [-0.2, -0.15) is 0 Å². The lowest BCUT2D eigenvalue weighted by Gasteiger charge is -2.29. The van der Waals surface area contributed by atoms with E-state index in [-0.39, 0.29) is 6.04 Å². The van der Waals surface area contributed by atoms with Gasteiger partial charge in [-0.15, -0.1) is 0 Å². The molecule has 0 aliphatic carbocycles. The second kappa shape index (κ2) is 5.79. The Morgan fingerprint density at radius 1 is 1.35 bits per heavy atom. The highest BCUT2D eigenvalue weighted by Gasteiger charge is 2.25. The molecule has 0 saturated carbocycles. The molecular formula is C15H21N3O2. The van der Waals surface area contributed by atoms with Crippen molar-refractivity contribution in [1.82, 2.24) is 9.88 Å². The van der Waals surface area contributed by atoms with Crippen LogP contribution in [0.2, 0.25) is 0 Å². The minimum absolute atomic E-state index is 0.206. The SMILES string of the molecule is Cc1cc([C@H]2CCCN2C=O)cnc1N1CCOCC1. The number of nitrogens with zero attached hydrogens (tertiary/aromatic N) is 3. The molecule has 3 heterocycles. The van der Waals surface area contributed by atoms with Crippen LogP contribution in [0, 0.1) is 6.92 Å². The van der Waals surface area contributed by atoms with Gasteiger partial charge >= 0.3 is 0 Å². The largest absolute Gasteiger partial charge is 0.378 e. The third-order valence-corrected chi connectivity index (χ3v) is 4.20. The molecule has 0 aromatic carbocycles. The number of carbonyl (C=O) groups is 1. The van der Waals surface area contributed by atoms with Crippen molar-refractivity contribution in [3.63, 3.8) is 0 Å². The number of aryl methyl sites for hydroxylation is 1. The first-order chi connectivity index (χ1) is 9.79. The molecule has 0 unspecified atom stereocenters. The monoisotopic (exact) mass is 275 g/mol. The van der Waals surface area contributed by atoms with Crippen molar-refractivity contribution < 1.29 is 9.53 Å². The Balaban J connectivity index is 1.81. The molecule has 1 atom stereocenters. The summed E-state index contributed by atoms with van der Waals surface area (Å²) in [6.45, 7) is 6.29. The van der Waals surface area contributed by atoms with E-state index in [0.717, 1.165) is 63.5 Å². The Morgan fingerprint density at radius 2 is 2.15 bits per heavy atom. The molecule has 1 aromatic rings. The van der Waals surface area contributed by atoms with Crippen LogP contribution in [-0.2, 0) is 9.53 Å². The molecule has 2 saturated heterocycles. The number of anilines is 1. The summed E-state index contributed by atoms with van der Waals surface area (Å²) < 4.78 is 5.38. The first kappa shape index (κ1) is 13.4. The van der Waals surface area contributed by atoms with Crippen molar-refractivity contribution in [1.29, 1.82) is 0 Å². The van der Waals surface area contributed by atoms with Gasteiger partial charge in [0.05, 0.1) is 19.3 Å². The maximum absolute atomic E-state index is 11.1. The zero-order valence-electron chi connectivity index (χ0n) is 11.9. The van der Waals surface area contributed by atoms with E-state index in [0.29, 0.717) is 0 Å². The number of carbonyl (C=O) groups excluding carboxylic acids is 1.